The van der Waals surface area contributed by atoms with Gasteiger partial charge in [-0.25, -0.2) is 9.97 Å². The molecule has 1 aliphatic heterocycles. The van der Waals surface area contributed by atoms with Gasteiger partial charge in [-0.1, -0.05) is 12.1 Å². The molecular formula is C21H20N6O2. The normalized spacial score (nSPS) is 16.7. The highest BCUT2D eigenvalue weighted by molar-refractivity contribution is 5.93. The summed E-state index contributed by atoms with van der Waals surface area (Å²) in [6.07, 6.45) is 1.68. The van der Waals surface area contributed by atoms with Gasteiger partial charge in [-0.2, -0.15) is 4.52 Å². The highest BCUT2D eigenvalue weighted by Crippen LogP contribution is 2.26. The lowest BCUT2D eigenvalue weighted by molar-refractivity contribution is -0.123. The van der Waals surface area contributed by atoms with Gasteiger partial charge in [-0.05, 0) is 49.2 Å². The zero-order valence-electron chi connectivity index (χ0n) is 15.9. The number of methoxy groups -OCH3 is 1. The van der Waals surface area contributed by atoms with Gasteiger partial charge in [0.05, 0.1) is 12.6 Å². The van der Waals surface area contributed by atoms with Gasteiger partial charge in [0.1, 0.15) is 11.8 Å². The first-order chi connectivity index (χ1) is 14.2. The molecule has 0 unspecified atom stereocenters. The second kappa shape index (κ2) is 7.05. The first-order valence-electron chi connectivity index (χ1n) is 9.57. The van der Waals surface area contributed by atoms with Crippen molar-refractivity contribution in [3.8, 4) is 17.1 Å². The number of amides is 1. The number of nitrogens with one attached hydrogen (secondary N) is 2. The topological polar surface area (TPSA) is 93.4 Å². The third-order valence-corrected chi connectivity index (χ3v) is 5.12. The number of nitrogens with zero attached hydrogens (tertiary/aromatic N) is 4. The van der Waals surface area contributed by atoms with Gasteiger partial charge in [0.2, 0.25) is 11.9 Å². The quantitative estimate of drug-likeness (QED) is 0.558. The lowest BCUT2D eigenvalue weighted by Crippen LogP contribution is -2.44. The molecule has 2 aromatic carbocycles. The van der Waals surface area contributed by atoms with Gasteiger partial charge in [0.15, 0.2) is 11.5 Å². The number of para-hydroxylation sites is 1. The van der Waals surface area contributed by atoms with Crippen molar-refractivity contribution in [1.82, 2.24) is 24.9 Å². The van der Waals surface area contributed by atoms with Crippen molar-refractivity contribution >= 4 is 28.4 Å². The molecule has 8 nitrogen and oxygen atoms in total. The van der Waals surface area contributed by atoms with Crippen LogP contribution in [0.15, 0.2) is 48.5 Å². The Labute approximate surface area is 166 Å². The van der Waals surface area contributed by atoms with Crippen LogP contribution in [0.5, 0.6) is 5.75 Å². The van der Waals surface area contributed by atoms with Crippen LogP contribution in [0.25, 0.3) is 27.9 Å². The van der Waals surface area contributed by atoms with Crippen LogP contribution in [0.2, 0.25) is 0 Å². The molecule has 29 heavy (non-hydrogen) atoms. The summed E-state index contributed by atoms with van der Waals surface area (Å²) < 4.78 is 6.92. The Hall–Kier alpha value is -3.68. The van der Waals surface area contributed by atoms with Gasteiger partial charge in [-0.3, -0.25) is 4.79 Å². The number of carbonyl (C=O) groups excluding carboxylic acids is 1. The molecule has 0 bridgehead atoms. The number of hydrogen-bond donors (Lipinski definition) is 2. The number of hydrogen-bond acceptors (Lipinski definition) is 6. The van der Waals surface area contributed by atoms with Gasteiger partial charge in [0.25, 0.3) is 0 Å². The number of anilines is 1. The van der Waals surface area contributed by atoms with E-state index in [1.54, 1.807) is 11.6 Å². The summed E-state index contributed by atoms with van der Waals surface area (Å²) in [5, 5.41) is 11.7. The van der Waals surface area contributed by atoms with E-state index < -0.39 is 0 Å². The Kier molecular flexibility index (Phi) is 4.23. The summed E-state index contributed by atoms with van der Waals surface area (Å²) in [4.78, 5) is 21.7. The maximum atomic E-state index is 12.2. The van der Waals surface area contributed by atoms with Crippen LogP contribution in [-0.2, 0) is 4.79 Å². The number of benzene rings is 2. The fourth-order valence-corrected chi connectivity index (χ4v) is 3.58. The summed E-state index contributed by atoms with van der Waals surface area (Å²) in [6.45, 7) is 0.711. The molecule has 4 aromatic rings. The number of fused-ring (bicyclic) bond motifs is 3. The van der Waals surface area contributed by atoms with Crippen molar-refractivity contribution in [2.75, 3.05) is 19.0 Å². The standard InChI is InChI=1S/C21H20N6O2/c1-29-14-10-8-13(9-11-14)18-25-19-15-5-2-3-6-16(15)23-21(27(19)26-18)24-17-7-4-12-22-20(17)28/h2-3,5-6,8-11,17H,4,7,12H2,1H3,(H,22,28)(H,23,24)/t17-/m1/s1. The summed E-state index contributed by atoms with van der Waals surface area (Å²) >= 11 is 0. The van der Waals surface area contributed by atoms with E-state index in [1.807, 2.05) is 48.5 Å². The number of rotatable bonds is 4. The zero-order valence-corrected chi connectivity index (χ0v) is 15.9. The predicted molar refractivity (Wildman–Crippen MR) is 110 cm³/mol. The molecule has 5 rings (SSSR count). The van der Waals surface area contributed by atoms with Crippen molar-refractivity contribution in [3.63, 3.8) is 0 Å². The Morgan fingerprint density at radius 1 is 1.14 bits per heavy atom. The lowest BCUT2D eigenvalue weighted by Gasteiger charge is -2.23. The Bertz CT molecular complexity index is 1200. The van der Waals surface area contributed by atoms with Crippen LogP contribution in [0.1, 0.15) is 12.8 Å². The summed E-state index contributed by atoms with van der Waals surface area (Å²) in [5.41, 5.74) is 2.37. The smallest absolute Gasteiger partial charge is 0.242 e. The monoisotopic (exact) mass is 388 g/mol. The lowest BCUT2D eigenvalue weighted by atomic mass is 10.1. The predicted octanol–water partition coefficient (Wildman–Crippen LogP) is 2.64. The SMILES string of the molecule is COc1ccc(-c2nc3c4ccccc4nc(N[C@@H]4CCCNC4=O)n3n2)cc1. The molecule has 1 aliphatic rings. The minimum absolute atomic E-state index is 0.0187. The third kappa shape index (κ3) is 3.12. The zero-order chi connectivity index (χ0) is 19.8. The molecule has 0 aliphatic carbocycles. The average Bonchev–Trinajstić information content (AvgIpc) is 3.21. The van der Waals surface area contributed by atoms with Crippen LogP contribution in [0.3, 0.4) is 0 Å². The summed E-state index contributed by atoms with van der Waals surface area (Å²) in [6, 6.07) is 15.1. The van der Waals surface area contributed by atoms with E-state index in [4.69, 9.17) is 14.7 Å². The van der Waals surface area contributed by atoms with E-state index in [2.05, 4.69) is 15.7 Å². The summed E-state index contributed by atoms with van der Waals surface area (Å²) in [5.74, 6) is 1.85. The Balaban J connectivity index is 1.64. The number of carbonyl (C=O) groups is 1. The third-order valence-electron chi connectivity index (χ3n) is 5.12. The minimum atomic E-state index is -0.339. The molecule has 1 atom stereocenters. The number of aromatic nitrogens is 4. The van der Waals surface area contributed by atoms with Gasteiger partial charge in [0, 0.05) is 17.5 Å². The molecule has 8 heteroatoms. The van der Waals surface area contributed by atoms with Crippen LogP contribution in [0, 0.1) is 0 Å². The molecule has 146 valence electrons. The van der Waals surface area contributed by atoms with Crippen LogP contribution >= 0.6 is 0 Å². The first kappa shape index (κ1) is 17.4. The Morgan fingerprint density at radius 2 is 1.97 bits per heavy atom. The molecule has 3 heterocycles. The maximum absolute atomic E-state index is 12.2. The van der Waals surface area contributed by atoms with Crippen molar-refractivity contribution in [2.24, 2.45) is 0 Å². The number of ether oxygens (including phenoxy) is 1. The molecule has 1 fully saturated rings. The molecule has 0 saturated carbocycles. The molecule has 2 N–H and O–H groups in total. The van der Waals surface area contributed by atoms with E-state index in [-0.39, 0.29) is 11.9 Å². The van der Waals surface area contributed by atoms with Crippen LogP contribution in [0.4, 0.5) is 5.95 Å². The van der Waals surface area contributed by atoms with Crippen molar-refractivity contribution in [2.45, 2.75) is 18.9 Å². The Morgan fingerprint density at radius 3 is 2.76 bits per heavy atom. The maximum Gasteiger partial charge on any atom is 0.242 e. The van der Waals surface area contributed by atoms with Crippen LogP contribution in [-0.4, -0.2) is 45.2 Å². The van der Waals surface area contributed by atoms with E-state index >= 15 is 0 Å². The fourth-order valence-electron chi connectivity index (χ4n) is 3.58. The van der Waals surface area contributed by atoms with E-state index in [9.17, 15) is 4.79 Å². The second-order valence-corrected chi connectivity index (χ2v) is 6.98. The van der Waals surface area contributed by atoms with E-state index in [0.717, 1.165) is 35.1 Å². The average molecular weight is 388 g/mol. The van der Waals surface area contributed by atoms with E-state index in [0.29, 0.717) is 24.0 Å². The summed E-state index contributed by atoms with van der Waals surface area (Å²) in [7, 11) is 1.63. The fraction of sp³-hybridized carbons (Fsp3) is 0.238. The molecule has 0 spiro atoms. The van der Waals surface area contributed by atoms with Crippen LogP contribution < -0.4 is 15.4 Å². The van der Waals surface area contributed by atoms with Gasteiger partial charge >= 0.3 is 0 Å². The largest absolute Gasteiger partial charge is 0.497 e. The van der Waals surface area contributed by atoms with Gasteiger partial charge < -0.3 is 15.4 Å². The molecule has 1 amide bonds. The highest BCUT2D eigenvalue weighted by atomic mass is 16.5. The highest BCUT2D eigenvalue weighted by Gasteiger charge is 2.24. The second-order valence-electron chi connectivity index (χ2n) is 6.98. The van der Waals surface area contributed by atoms with Gasteiger partial charge in [-0.15, -0.1) is 5.10 Å². The minimum Gasteiger partial charge on any atom is -0.497 e. The van der Waals surface area contributed by atoms with Crippen molar-refractivity contribution < 1.29 is 9.53 Å². The molecule has 0 radical (unpaired) electrons. The molecular weight excluding hydrogens is 368 g/mol. The molecule has 1 saturated heterocycles. The van der Waals surface area contributed by atoms with Crippen molar-refractivity contribution in [1.29, 1.82) is 0 Å². The van der Waals surface area contributed by atoms with Crippen molar-refractivity contribution in [3.05, 3.63) is 48.5 Å². The number of piperidine rings is 1. The molecule has 2 aromatic heterocycles. The first-order valence-corrected chi connectivity index (χ1v) is 9.57. The van der Waals surface area contributed by atoms with E-state index in [1.165, 1.54) is 0 Å².